The molecule has 1 atom stereocenters. The van der Waals surface area contributed by atoms with Gasteiger partial charge in [-0.2, -0.15) is 0 Å². The van der Waals surface area contributed by atoms with Crippen LogP contribution < -0.4 is 10.6 Å². The molecule has 1 unspecified atom stereocenters. The predicted molar refractivity (Wildman–Crippen MR) is 69.9 cm³/mol. The van der Waals surface area contributed by atoms with Crippen LogP contribution in [0.2, 0.25) is 0 Å². The summed E-state index contributed by atoms with van der Waals surface area (Å²) in [5, 5.41) is 5.55. The number of halogens is 2. The van der Waals surface area contributed by atoms with Crippen molar-refractivity contribution in [3.8, 4) is 0 Å². The van der Waals surface area contributed by atoms with Crippen molar-refractivity contribution in [2.24, 2.45) is 5.41 Å². The van der Waals surface area contributed by atoms with Gasteiger partial charge >= 0.3 is 0 Å². The van der Waals surface area contributed by atoms with E-state index in [0.29, 0.717) is 24.9 Å². The van der Waals surface area contributed by atoms with E-state index in [-0.39, 0.29) is 11.6 Å². The van der Waals surface area contributed by atoms with Crippen LogP contribution in [0.3, 0.4) is 0 Å². The van der Waals surface area contributed by atoms with Gasteiger partial charge in [-0.05, 0) is 37.9 Å². The Bertz CT molecular complexity index is 496. The van der Waals surface area contributed by atoms with Gasteiger partial charge < -0.3 is 10.6 Å². The average molecular weight is 268 g/mol. The number of hydrogen-bond donors (Lipinski definition) is 2. The molecular weight excluding hydrogens is 250 g/mol. The second-order valence-corrected chi connectivity index (χ2v) is 5.07. The molecule has 3 nitrogen and oxygen atoms in total. The molecule has 0 bridgehead atoms. The minimum absolute atomic E-state index is 0.312. The lowest BCUT2D eigenvalue weighted by Crippen LogP contribution is -2.38. The SMILES string of the molecule is CCC1(C(=O)Nc2c(F)ccc(C)c2F)CCNC1. The van der Waals surface area contributed by atoms with Crippen molar-refractivity contribution >= 4 is 11.6 Å². The molecule has 1 aliphatic rings. The number of carbonyl (C=O) groups excluding carboxylic acids is 1. The predicted octanol–water partition coefficient (Wildman–Crippen LogP) is 2.60. The molecule has 2 rings (SSSR count). The average Bonchev–Trinajstić information content (AvgIpc) is 2.89. The molecule has 19 heavy (non-hydrogen) atoms. The van der Waals surface area contributed by atoms with Crippen molar-refractivity contribution in [1.82, 2.24) is 5.32 Å². The first-order chi connectivity index (χ1) is 9.00. The highest BCUT2D eigenvalue weighted by Crippen LogP contribution is 2.32. The van der Waals surface area contributed by atoms with Crippen LogP contribution in [0.1, 0.15) is 25.3 Å². The van der Waals surface area contributed by atoms with Crippen LogP contribution in [-0.4, -0.2) is 19.0 Å². The second-order valence-electron chi connectivity index (χ2n) is 5.07. The fourth-order valence-electron chi connectivity index (χ4n) is 2.42. The topological polar surface area (TPSA) is 41.1 Å². The summed E-state index contributed by atoms with van der Waals surface area (Å²) in [6.45, 7) is 4.75. The first kappa shape index (κ1) is 13.9. The van der Waals surface area contributed by atoms with Crippen LogP contribution in [0.4, 0.5) is 14.5 Å². The smallest absolute Gasteiger partial charge is 0.232 e. The van der Waals surface area contributed by atoms with Crippen molar-refractivity contribution in [2.75, 3.05) is 18.4 Å². The molecule has 1 aromatic carbocycles. The molecule has 0 saturated carbocycles. The zero-order chi connectivity index (χ0) is 14.0. The summed E-state index contributed by atoms with van der Waals surface area (Å²) in [6, 6.07) is 2.52. The summed E-state index contributed by atoms with van der Waals surface area (Å²) >= 11 is 0. The number of benzene rings is 1. The van der Waals surface area contributed by atoms with E-state index in [1.54, 1.807) is 0 Å². The maximum atomic E-state index is 13.9. The van der Waals surface area contributed by atoms with Crippen molar-refractivity contribution in [2.45, 2.75) is 26.7 Å². The maximum absolute atomic E-state index is 13.9. The molecule has 1 aromatic rings. The van der Waals surface area contributed by atoms with E-state index < -0.39 is 17.0 Å². The Morgan fingerprint density at radius 2 is 2.21 bits per heavy atom. The van der Waals surface area contributed by atoms with Crippen molar-refractivity contribution < 1.29 is 13.6 Å². The van der Waals surface area contributed by atoms with Crippen LogP contribution in [0, 0.1) is 24.0 Å². The van der Waals surface area contributed by atoms with Gasteiger partial charge in [-0.1, -0.05) is 13.0 Å². The molecule has 5 heteroatoms. The lowest BCUT2D eigenvalue weighted by Gasteiger charge is -2.25. The van der Waals surface area contributed by atoms with Gasteiger partial charge in [-0.15, -0.1) is 0 Å². The number of rotatable bonds is 3. The Hall–Kier alpha value is -1.49. The summed E-state index contributed by atoms with van der Waals surface area (Å²) in [6.07, 6.45) is 1.32. The molecular formula is C14H18F2N2O. The van der Waals surface area contributed by atoms with E-state index in [1.165, 1.54) is 19.1 Å². The third-order valence-electron chi connectivity index (χ3n) is 3.92. The van der Waals surface area contributed by atoms with Crippen LogP contribution in [0.25, 0.3) is 0 Å². The number of nitrogens with one attached hydrogen (secondary N) is 2. The standard InChI is InChI=1S/C14H18F2N2O/c1-3-14(6-7-17-8-14)13(19)18-12-10(15)5-4-9(2)11(12)16/h4-5,17H,3,6-8H2,1-2H3,(H,18,19). The van der Waals surface area contributed by atoms with E-state index >= 15 is 0 Å². The molecule has 1 amide bonds. The third kappa shape index (κ3) is 2.47. The summed E-state index contributed by atoms with van der Waals surface area (Å²) < 4.78 is 27.5. The highest BCUT2D eigenvalue weighted by atomic mass is 19.1. The van der Waals surface area contributed by atoms with Crippen LogP contribution in [0.15, 0.2) is 12.1 Å². The monoisotopic (exact) mass is 268 g/mol. The van der Waals surface area contributed by atoms with Gasteiger partial charge in [-0.3, -0.25) is 4.79 Å². The van der Waals surface area contributed by atoms with Crippen LogP contribution in [-0.2, 0) is 4.79 Å². The van der Waals surface area contributed by atoms with E-state index in [9.17, 15) is 13.6 Å². The number of amides is 1. The summed E-state index contributed by atoms with van der Waals surface area (Å²) in [7, 11) is 0. The molecule has 0 aliphatic carbocycles. The molecule has 104 valence electrons. The largest absolute Gasteiger partial charge is 0.321 e. The first-order valence-electron chi connectivity index (χ1n) is 6.47. The Morgan fingerprint density at radius 3 is 2.79 bits per heavy atom. The fraction of sp³-hybridized carbons (Fsp3) is 0.500. The van der Waals surface area contributed by atoms with Gasteiger partial charge in [-0.25, -0.2) is 8.78 Å². The number of anilines is 1. The van der Waals surface area contributed by atoms with Gasteiger partial charge in [0.15, 0.2) is 5.82 Å². The molecule has 1 aliphatic heterocycles. The van der Waals surface area contributed by atoms with Gasteiger partial charge in [0.2, 0.25) is 5.91 Å². The Labute approximate surface area is 111 Å². The summed E-state index contributed by atoms with van der Waals surface area (Å²) in [4.78, 5) is 12.3. The molecule has 1 fully saturated rings. The van der Waals surface area contributed by atoms with E-state index in [2.05, 4.69) is 10.6 Å². The third-order valence-corrected chi connectivity index (χ3v) is 3.92. The molecule has 0 aromatic heterocycles. The molecule has 2 N–H and O–H groups in total. The zero-order valence-electron chi connectivity index (χ0n) is 11.1. The lowest BCUT2D eigenvalue weighted by atomic mass is 9.83. The molecule has 1 heterocycles. The molecule has 0 spiro atoms. The van der Waals surface area contributed by atoms with Gasteiger partial charge in [0.1, 0.15) is 11.5 Å². The van der Waals surface area contributed by atoms with Gasteiger partial charge in [0, 0.05) is 6.54 Å². The van der Waals surface area contributed by atoms with Crippen LogP contribution in [0.5, 0.6) is 0 Å². The second kappa shape index (κ2) is 5.25. The molecule has 1 saturated heterocycles. The Balaban J connectivity index is 2.26. The van der Waals surface area contributed by atoms with E-state index in [0.717, 1.165) is 6.54 Å². The minimum Gasteiger partial charge on any atom is -0.321 e. The quantitative estimate of drug-likeness (QED) is 0.884. The minimum atomic E-state index is -0.742. The highest BCUT2D eigenvalue weighted by molar-refractivity contribution is 5.96. The molecule has 0 radical (unpaired) electrons. The van der Waals surface area contributed by atoms with Crippen molar-refractivity contribution in [1.29, 1.82) is 0 Å². The highest BCUT2D eigenvalue weighted by Gasteiger charge is 2.40. The summed E-state index contributed by atoms with van der Waals surface area (Å²) in [5.74, 6) is -1.76. The Morgan fingerprint density at radius 1 is 1.47 bits per heavy atom. The normalized spacial score (nSPS) is 22.5. The van der Waals surface area contributed by atoms with Crippen molar-refractivity contribution in [3.63, 3.8) is 0 Å². The zero-order valence-corrected chi connectivity index (χ0v) is 11.1. The maximum Gasteiger partial charge on any atom is 0.232 e. The van der Waals surface area contributed by atoms with E-state index in [1.807, 2.05) is 6.92 Å². The van der Waals surface area contributed by atoms with Gasteiger partial charge in [0.25, 0.3) is 0 Å². The fourth-order valence-corrected chi connectivity index (χ4v) is 2.42. The van der Waals surface area contributed by atoms with Gasteiger partial charge in [0.05, 0.1) is 5.41 Å². The lowest BCUT2D eigenvalue weighted by molar-refractivity contribution is -0.124. The first-order valence-corrected chi connectivity index (χ1v) is 6.47. The summed E-state index contributed by atoms with van der Waals surface area (Å²) in [5.41, 5.74) is -0.598. The van der Waals surface area contributed by atoms with E-state index in [4.69, 9.17) is 0 Å². The number of hydrogen-bond acceptors (Lipinski definition) is 2. The number of carbonyl (C=O) groups is 1. The number of aryl methyl sites for hydroxylation is 1. The Kier molecular flexibility index (Phi) is 3.85. The van der Waals surface area contributed by atoms with Crippen molar-refractivity contribution in [3.05, 3.63) is 29.3 Å². The van der Waals surface area contributed by atoms with Crippen LogP contribution >= 0.6 is 0 Å².